The molecule has 1 aliphatic rings. The standard InChI is InChI=1S/C14H22N2O3S/c1-11(12-8-9-19-10-12)15-13-4-6-14(7-5-13)20(17,18)16(2)3/h4-7,11-12,15H,8-10H2,1-3H3. The molecule has 0 bridgehead atoms. The highest BCUT2D eigenvalue weighted by molar-refractivity contribution is 7.89. The molecular formula is C14H22N2O3S. The fourth-order valence-electron chi connectivity index (χ4n) is 2.26. The number of sulfonamides is 1. The van der Waals surface area contributed by atoms with E-state index in [9.17, 15) is 8.42 Å². The van der Waals surface area contributed by atoms with E-state index in [1.54, 1.807) is 12.1 Å². The molecule has 2 atom stereocenters. The summed E-state index contributed by atoms with van der Waals surface area (Å²) in [4.78, 5) is 0.310. The minimum Gasteiger partial charge on any atom is -0.382 e. The van der Waals surface area contributed by atoms with Gasteiger partial charge in [0.05, 0.1) is 11.5 Å². The van der Waals surface area contributed by atoms with Crippen LogP contribution in [0.1, 0.15) is 13.3 Å². The van der Waals surface area contributed by atoms with Crippen molar-refractivity contribution in [2.45, 2.75) is 24.3 Å². The molecule has 2 rings (SSSR count). The first-order chi connectivity index (χ1) is 9.41. The quantitative estimate of drug-likeness (QED) is 0.900. The van der Waals surface area contributed by atoms with Gasteiger partial charge in [0.15, 0.2) is 0 Å². The average molecular weight is 298 g/mol. The molecule has 0 aliphatic carbocycles. The summed E-state index contributed by atoms with van der Waals surface area (Å²) in [6.45, 7) is 3.75. The van der Waals surface area contributed by atoms with Gasteiger partial charge in [0.1, 0.15) is 0 Å². The molecule has 1 aromatic rings. The Bertz CT molecular complexity index is 534. The van der Waals surface area contributed by atoms with Gasteiger partial charge in [-0.1, -0.05) is 0 Å². The molecule has 0 amide bonds. The third-order valence-corrected chi connectivity index (χ3v) is 5.53. The Kier molecular flexibility index (Phi) is 4.67. The minimum absolute atomic E-state index is 0.310. The fraction of sp³-hybridized carbons (Fsp3) is 0.571. The summed E-state index contributed by atoms with van der Waals surface area (Å²) in [5.74, 6) is 0.514. The van der Waals surface area contributed by atoms with E-state index in [4.69, 9.17) is 4.74 Å². The number of hydrogen-bond acceptors (Lipinski definition) is 4. The predicted molar refractivity (Wildman–Crippen MR) is 79.3 cm³/mol. The summed E-state index contributed by atoms with van der Waals surface area (Å²) in [7, 11) is -0.289. The molecule has 0 spiro atoms. The molecule has 6 heteroatoms. The zero-order chi connectivity index (χ0) is 14.8. The van der Waals surface area contributed by atoms with Gasteiger partial charge >= 0.3 is 0 Å². The second-order valence-corrected chi connectivity index (χ2v) is 7.52. The van der Waals surface area contributed by atoms with Crippen LogP contribution in [0, 0.1) is 5.92 Å². The molecule has 1 aromatic carbocycles. The minimum atomic E-state index is -3.35. The van der Waals surface area contributed by atoms with Crippen LogP contribution >= 0.6 is 0 Å². The van der Waals surface area contributed by atoms with Gasteiger partial charge < -0.3 is 10.1 Å². The third kappa shape index (κ3) is 3.31. The number of hydrogen-bond donors (Lipinski definition) is 1. The summed E-state index contributed by atoms with van der Waals surface area (Å²) >= 11 is 0. The first-order valence-corrected chi connectivity index (χ1v) is 8.22. The van der Waals surface area contributed by atoms with E-state index in [0.29, 0.717) is 16.9 Å². The van der Waals surface area contributed by atoms with Crippen molar-refractivity contribution in [3.63, 3.8) is 0 Å². The number of nitrogens with zero attached hydrogens (tertiary/aromatic N) is 1. The Morgan fingerprint density at radius 3 is 2.45 bits per heavy atom. The number of ether oxygens (including phenoxy) is 1. The van der Waals surface area contributed by atoms with Gasteiger partial charge in [-0.15, -0.1) is 0 Å². The summed E-state index contributed by atoms with van der Waals surface area (Å²) in [5.41, 5.74) is 0.933. The lowest BCUT2D eigenvalue weighted by atomic mass is 10.0. The van der Waals surface area contributed by atoms with Crippen molar-refractivity contribution in [2.24, 2.45) is 5.92 Å². The van der Waals surface area contributed by atoms with Gasteiger partial charge in [0.25, 0.3) is 0 Å². The van der Waals surface area contributed by atoms with Crippen LogP contribution in [0.4, 0.5) is 5.69 Å². The molecule has 0 saturated carbocycles. The van der Waals surface area contributed by atoms with E-state index in [0.717, 1.165) is 25.3 Å². The number of anilines is 1. The molecule has 20 heavy (non-hydrogen) atoms. The van der Waals surface area contributed by atoms with Crippen LogP contribution in [0.15, 0.2) is 29.2 Å². The molecule has 0 aromatic heterocycles. The maximum absolute atomic E-state index is 12.0. The van der Waals surface area contributed by atoms with Gasteiger partial charge in [0, 0.05) is 38.3 Å². The molecular weight excluding hydrogens is 276 g/mol. The van der Waals surface area contributed by atoms with E-state index >= 15 is 0 Å². The highest BCUT2D eigenvalue weighted by Gasteiger charge is 2.22. The highest BCUT2D eigenvalue weighted by Crippen LogP contribution is 2.22. The van der Waals surface area contributed by atoms with Crippen molar-refractivity contribution in [3.05, 3.63) is 24.3 Å². The second kappa shape index (κ2) is 6.11. The Morgan fingerprint density at radius 2 is 1.95 bits per heavy atom. The maximum Gasteiger partial charge on any atom is 0.242 e. The van der Waals surface area contributed by atoms with E-state index in [1.165, 1.54) is 18.4 Å². The average Bonchev–Trinajstić information content (AvgIpc) is 2.93. The van der Waals surface area contributed by atoms with Crippen LogP contribution in [-0.2, 0) is 14.8 Å². The maximum atomic E-state index is 12.0. The summed E-state index contributed by atoms with van der Waals surface area (Å²) < 4.78 is 30.5. The van der Waals surface area contributed by atoms with Crippen LogP contribution < -0.4 is 5.32 Å². The van der Waals surface area contributed by atoms with Gasteiger partial charge in [-0.05, 0) is 37.6 Å². The molecule has 112 valence electrons. The first kappa shape index (κ1) is 15.3. The zero-order valence-electron chi connectivity index (χ0n) is 12.2. The van der Waals surface area contributed by atoms with Gasteiger partial charge in [-0.25, -0.2) is 12.7 Å². The largest absolute Gasteiger partial charge is 0.382 e. The van der Waals surface area contributed by atoms with Crippen molar-refractivity contribution in [1.82, 2.24) is 4.31 Å². The molecule has 2 unspecified atom stereocenters. The normalized spacial score (nSPS) is 21.1. The Balaban J connectivity index is 2.05. The van der Waals surface area contributed by atoms with Crippen molar-refractivity contribution in [1.29, 1.82) is 0 Å². The van der Waals surface area contributed by atoms with Crippen molar-refractivity contribution < 1.29 is 13.2 Å². The Morgan fingerprint density at radius 1 is 1.30 bits per heavy atom. The molecule has 1 aliphatic heterocycles. The molecule has 0 radical (unpaired) electrons. The number of nitrogens with one attached hydrogen (secondary N) is 1. The van der Waals surface area contributed by atoms with Crippen molar-refractivity contribution >= 4 is 15.7 Å². The smallest absolute Gasteiger partial charge is 0.242 e. The first-order valence-electron chi connectivity index (χ1n) is 6.78. The van der Waals surface area contributed by atoms with Crippen LogP contribution in [0.2, 0.25) is 0 Å². The summed E-state index contributed by atoms with van der Waals surface area (Å²) in [6.07, 6.45) is 1.07. The lowest BCUT2D eigenvalue weighted by Crippen LogP contribution is -2.26. The fourth-order valence-corrected chi connectivity index (χ4v) is 3.16. The highest BCUT2D eigenvalue weighted by atomic mass is 32.2. The Labute approximate surface area is 121 Å². The summed E-state index contributed by atoms with van der Waals surface area (Å²) in [6, 6.07) is 7.20. The van der Waals surface area contributed by atoms with E-state index < -0.39 is 10.0 Å². The topological polar surface area (TPSA) is 58.6 Å². The van der Waals surface area contributed by atoms with Crippen LogP contribution in [-0.4, -0.2) is 46.1 Å². The van der Waals surface area contributed by atoms with Gasteiger partial charge in [0.2, 0.25) is 10.0 Å². The summed E-state index contributed by atoms with van der Waals surface area (Å²) in [5, 5.41) is 3.40. The van der Waals surface area contributed by atoms with E-state index in [1.807, 2.05) is 12.1 Å². The Hall–Kier alpha value is -1.11. The lowest BCUT2D eigenvalue weighted by Gasteiger charge is -2.20. The zero-order valence-corrected chi connectivity index (χ0v) is 13.0. The molecule has 5 nitrogen and oxygen atoms in total. The van der Waals surface area contributed by atoms with E-state index in [-0.39, 0.29) is 0 Å². The third-order valence-electron chi connectivity index (χ3n) is 3.70. The molecule has 1 N–H and O–H groups in total. The number of rotatable bonds is 5. The monoisotopic (exact) mass is 298 g/mol. The molecule has 1 heterocycles. The van der Waals surface area contributed by atoms with Crippen molar-refractivity contribution in [3.8, 4) is 0 Å². The number of benzene rings is 1. The van der Waals surface area contributed by atoms with Crippen LogP contribution in [0.25, 0.3) is 0 Å². The predicted octanol–water partition coefficient (Wildman–Crippen LogP) is 1.77. The molecule has 1 fully saturated rings. The van der Waals surface area contributed by atoms with Crippen molar-refractivity contribution in [2.75, 3.05) is 32.6 Å². The lowest BCUT2D eigenvalue weighted by molar-refractivity contribution is 0.183. The van der Waals surface area contributed by atoms with Crippen LogP contribution in [0.3, 0.4) is 0 Å². The molecule has 1 saturated heterocycles. The van der Waals surface area contributed by atoms with Gasteiger partial charge in [-0.2, -0.15) is 0 Å². The SMILES string of the molecule is CC(Nc1ccc(S(=O)(=O)N(C)C)cc1)C1CCOC1. The van der Waals surface area contributed by atoms with Crippen LogP contribution in [0.5, 0.6) is 0 Å². The van der Waals surface area contributed by atoms with Gasteiger partial charge in [-0.3, -0.25) is 0 Å². The van der Waals surface area contributed by atoms with E-state index in [2.05, 4.69) is 12.2 Å². The second-order valence-electron chi connectivity index (χ2n) is 5.37.